The number of nitrogens with two attached hydrogens (primary N) is 2. The van der Waals surface area contributed by atoms with Gasteiger partial charge in [0.2, 0.25) is 5.95 Å². The minimum atomic E-state index is 0.114. The van der Waals surface area contributed by atoms with E-state index in [2.05, 4.69) is 29.0 Å². The largest absolute Gasteiger partial charge is 0.489 e. The highest BCUT2D eigenvalue weighted by Crippen LogP contribution is 2.45. The van der Waals surface area contributed by atoms with Crippen LogP contribution >= 0.6 is 11.8 Å². The maximum atomic E-state index is 6.06. The van der Waals surface area contributed by atoms with Gasteiger partial charge in [0.05, 0.1) is 10.9 Å². The van der Waals surface area contributed by atoms with E-state index in [4.69, 9.17) is 16.2 Å². The van der Waals surface area contributed by atoms with Gasteiger partial charge in [0.15, 0.2) is 0 Å². The molecule has 0 spiro atoms. The summed E-state index contributed by atoms with van der Waals surface area (Å²) in [6.45, 7) is 2.05. The van der Waals surface area contributed by atoms with E-state index in [0.29, 0.717) is 5.82 Å². The zero-order chi connectivity index (χ0) is 16.0. The van der Waals surface area contributed by atoms with Gasteiger partial charge in [-0.15, -0.1) is 0 Å². The molecule has 3 aromatic rings. The van der Waals surface area contributed by atoms with Gasteiger partial charge in [-0.05, 0) is 25.1 Å². The molecule has 116 valence electrons. The Balaban J connectivity index is 1.93. The van der Waals surface area contributed by atoms with Gasteiger partial charge < -0.3 is 16.2 Å². The second-order valence-electron chi connectivity index (χ2n) is 5.59. The fraction of sp³-hybridized carbons (Fsp3) is 0.176. The van der Waals surface area contributed by atoms with E-state index >= 15 is 0 Å². The van der Waals surface area contributed by atoms with Crippen LogP contribution in [0.3, 0.4) is 0 Å². The van der Waals surface area contributed by atoms with Gasteiger partial charge in [-0.3, -0.25) is 0 Å². The molecule has 0 fully saturated rings. The van der Waals surface area contributed by atoms with Crippen LogP contribution in [0.15, 0.2) is 46.2 Å². The Morgan fingerprint density at radius 1 is 1.17 bits per heavy atom. The first-order valence-electron chi connectivity index (χ1n) is 7.40. The van der Waals surface area contributed by atoms with Crippen LogP contribution in [-0.4, -0.2) is 16.1 Å². The van der Waals surface area contributed by atoms with Crippen LogP contribution < -0.4 is 16.2 Å². The van der Waals surface area contributed by atoms with Crippen LogP contribution in [0.2, 0.25) is 0 Å². The van der Waals surface area contributed by atoms with Crippen molar-refractivity contribution in [1.29, 1.82) is 0 Å². The lowest BCUT2D eigenvalue weighted by atomic mass is 10.1. The van der Waals surface area contributed by atoms with E-state index in [1.807, 2.05) is 24.3 Å². The van der Waals surface area contributed by atoms with Gasteiger partial charge in [-0.25, -0.2) is 4.98 Å². The van der Waals surface area contributed by atoms with Crippen molar-refractivity contribution in [1.82, 2.24) is 9.97 Å². The molecule has 0 saturated carbocycles. The molecule has 0 amide bonds. The number of benzene rings is 2. The lowest BCUT2D eigenvalue weighted by Crippen LogP contribution is -2.06. The predicted octanol–water partition coefficient (Wildman–Crippen LogP) is 3.27. The van der Waals surface area contributed by atoms with E-state index in [9.17, 15) is 0 Å². The van der Waals surface area contributed by atoms with Crippen LogP contribution in [0.1, 0.15) is 12.5 Å². The molecular formula is C17H16N4OS. The maximum Gasteiger partial charge on any atom is 0.222 e. The quantitative estimate of drug-likeness (QED) is 0.752. The van der Waals surface area contributed by atoms with Crippen LogP contribution in [0.4, 0.5) is 11.8 Å². The normalized spacial score (nSPS) is 16.3. The van der Waals surface area contributed by atoms with Gasteiger partial charge in [0, 0.05) is 21.8 Å². The Bertz CT molecular complexity index is 898. The molecule has 1 atom stereocenters. The van der Waals surface area contributed by atoms with E-state index in [1.54, 1.807) is 11.8 Å². The summed E-state index contributed by atoms with van der Waals surface area (Å²) >= 11 is 1.70. The Hall–Kier alpha value is -2.47. The number of ether oxygens (including phenoxy) is 1. The van der Waals surface area contributed by atoms with Crippen molar-refractivity contribution < 1.29 is 4.74 Å². The number of aromatic nitrogens is 2. The molecule has 2 aromatic carbocycles. The minimum Gasteiger partial charge on any atom is -0.489 e. The first-order valence-corrected chi connectivity index (χ1v) is 8.21. The highest BCUT2D eigenvalue weighted by Gasteiger charge is 2.27. The molecule has 1 unspecified atom stereocenters. The van der Waals surface area contributed by atoms with Gasteiger partial charge >= 0.3 is 0 Å². The molecule has 1 aliphatic rings. The highest BCUT2D eigenvalue weighted by atomic mass is 32.2. The third-order valence-corrected chi connectivity index (χ3v) is 4.92. The summed E-state index contributed by atoms with van der Waals surface area (Å²) in [5.74, 6) is 1.34. The molecule has 2 heterocycles. The number of anilines is 2. The van der Waals surface area contributed by atoms with Crippen LogP contribution in [0.25, 0.3) is 10.9 Å². The van der Waals surface area contributed by atoms with E-state index < -0.39 is 0 Å². The molecule has 23 heavy (non-hydrogen) atoms. The zero-order valence-corrected chi connectivity index (χ0v) is 13.4. The Morgan fingerprint density at radius 2 is 1.96 bits per heavy atom. The van der Waals surface area contributed by atoms with Crippen molar-refractivity contribution in [2.75, 3.05) is 11.5 Å². The van der Waals surface area contributed by atoms with Crippen molar-refractivity contribution in [3.8, 4) is 5.75 Å². The van der Waals surface area contributed by atoms with E-state index in [-0.39, 0.29) is 12.1 Å². The summed E-state index contributed by atoms with van der Waals surface area (Å²) in [5.41, 5.74) is 13.7. The van der Waals surface area contributed by atoms with E-state index in [0.717, 1.165) is 28.0 Å². The monoisotopic (exact) mass is 324 g/mol. The molecule has 4 N–H and O–H groups in total. The fourth-order valence-electron chi connectivity index (χ4n) is 2.89. The zero-order valence-electron chi connectivity index (χ0n) is 12.6. The summed E-state index contributed by atoms with van der Waals surface area (Å²) < 4.78 is 6.00. The van der Waals surface area contributed by atoms with Gasteiger partial charge in [0.1, 0.15) is 17.7 Å². The van der Waals surface area contributed by atoms with Gasteiger partial charge in [-0.2, -0.15) is 4.98 Å². The topological polar surface area (TPSA) is 87.0 Å². The standard InChI is InChI=1S/C17H16N4OS/c1-9-7-11-13(23-10-5-3-2-4-6-10)8-12-14(15(11)22-9)16(18)21-17(19)20-12/h2-6,8-9H,7H2,1H3,(H4,18,19,20,21). The van der Waals surface area contributed by atoms with Gasteiger partial charge in [-0.1, -0.05) is 30.0 Å². The summed E-state index contributed by atoms with van der Waals surface area (Å²) in [6, 6.07) is 12.3. The van der Waals surface area contributed by atoms with Crippen LogP contribution in [0, 0.1) is 0 Å². The molecule has 0 aliphatic carbocycles. The third-order valence-electron chi connectivity index (χ3n) is 3.83. The van der Waals surface area contributed by atoms with Crippen LogP contribution in [0.5, 0.6) is 5.75 Å². The lowest BCUT2D eigenvalue weighted by molar-refractivity contribution is 0.257. The molecule has 5 nitrogen and oxygen atoms in total. The number of hydrogen-bond acceptors (Lipinski definition) is 6. The second-order valence-corrected chi connectivity index (χ2v) is 6.71. The smallest absolute Gasteiger partial charge is 0.222 e. The molecular weight excluding hydrogens is 308 g/mol. The Labute approximate surface area is 138 Å². The molecule has 1 aliphatic heterocycles. The van der Waals surface area contributed by atoms with Crippen molar-refractivity contribution in [3.05, 3.63) is 42.0 Å². The van der Waals surface area contributed by atoms with Gasteiger partial charge in [0.25, 0.3) is 0 Å². The van der Waals surface area contributed by atoms with E-state index in [1.165, 1.54) is 10.5 Å². The molecule has 6 heteroatoms. The maximum absolute atomic E-state index is 6.06. The first kappa shape index (κ1) is 14.1. The molecule has 0 bridgehead atoms. The fourth-order valence-corrected chi connectivity index (χ4v) is 3.90. The van der Waals surface area contributed by atoms with Crippen molar-refractivity contribution >= 4 is 34.4 Å². The molecule has 0 radical (unpaired) electrons. The van der Waals surface area contributed by atoms with Crippen LogP contribution in [-0.2, 0) is 6.42 Å². The number of hydrogen-bond donors (Lipinski definition) is 2. The predicted molar refractivity (Wildman–Crippen MR) is 92.7 cm³/mol. The molecule has 4 rings (SSSR count). The SMILES string of the molecule is CC1Cc2c(Sc3ccccc3)cc3nc(N)nc(N)c3c2O1. The number of nitrogen functional groups attached to an aromatic ring is 2. The summed E-state index contributed by atoms with van der Waals surface area (Å²) in [7, 11) is 0. The summed E-state index contributed by atoms with van der Waals surface area (Å²) in [5, 5.41) is 0.760. The summed E-state index contributed by atoms with van der Waals surface area (Å²) in [4.78, 5) is 10.7. The highest BCUT2D eigenvalue weighted by molar-refractivity contribution is 7.99. The minimum absolute atomic E-state index is 0.114. The van der Waals surface area contributed by atoms with Crippen molar-refractivity contribution in [3.63, 3.8) is 0 Å². The average Bonchev–Trinajstić information content (AvgIpc) is 2.89. The number of nitrogens with zero attached hydrogens (tertiary/aromatic N) is 2. The third kappa shape index (κ3) is 2.45. The average molecular weight is 324 g/mol. The second kappa shape index (κ2) is 5.31. The lowest BCUT2D eigenvalue weighted by Gasteiger charge is -2.12. The Morgan fingerprint density at radius 3 is 2.74 bits per heavy atom. The van der Waals surface area contributed by atoms with Crippen molar-refractivity contribution in [2.24, 2.45) is 0 Å². The summed E-state index contributed by atoms with van der Waals surface area (Å²) in [6.07, 6.45) is 0.965. The number of fused-ring (bicyclic) bond motifs is 3. The number of rotatable bonds is 2. The molecule has 0 saturated heterocycles. The Kier molecular flexibility index (Phi) is 3.27. The molecule has 1 aromatic heterocycles. The first-order chi connectivity index (χ1) is 11.1. The van der Waals surface area contributed by atoms with Crippen molar-refractivity contribution in [2.45, 2.75) is 29.2 Å².